The van der Waals surface area contributed by atoms with Gasteiger partial charge in [-0.05, 0) is 46.5 Å². The van der Waals surface area contributed by atoms with Gasteiger partial charge in [0.25, 0.3) is 0 Å². The Kier molecular flexibility index (Phi) is 2.16. The number of methoxy groups -OCH3 is 1. The quantitative estimate of drug-likeness (QED) is 0.816. The summed E-state index contributed by atoms with van der Waals surface area (Å²) in [5.41, 5.74) is 10.0. The highest BCUT2D eigenvalue weighted by Crippen LogP contribution is 2.43. The molecule has 1 unspecified atom stereocenters. The maximum atomic E-state index is 13.2. The third-order valence-corrected chi connectivity index (χ3v) is 3.23. The summed E-state index contributed by atoms with van der Waals surface area (Å²) in [5, 5.41) is 0. The molecule has 0 aromatic heterocycles. The molecule has 2 aromatic carbocycles. The summed E-state index contributed by atoms with van der Waals surface area (Å²) in [4.78, 5) is 0. The molecule has 1 aliphatic rings. The molecule has 3 rings (SSSR count). The van der Waals surface area contributed by atoms with Crippen molar-refractivity contribution in [1.82, 2.24) is 0 Å². The van der Waals surface area contributed by atoms with Crippen LogP contribution < -0.4 is 10.5 Å². The normalized spacial score (nSPS) is 16.5. The highest BCUT2D eigenvalue weighted by atomic mass is 19.1. The lowest BCUT2D eigenvalue weighted by Crippen LogP contribution is -2.08. The van der Waals surface area contributed by atoms with Gasteiger partial charge in [-0.25, -0.2) is 4.39 Å². The zero-order valence-electron chi connectivity index (χ0n) is 9.41. The summed E-state index contributed by atoms with van der Waals surface area (Å²) in [7, 11) is 1.62. The van der Waals surface area contributed by atoms with Crippen LogP contribution in [0.2, 0.25) is 0 Å². The molecule has 0 aliphatic heterocycles. The standard InChI is InChI=1S/C14H12FNO/c1-17-9-3-5-11-10-4-2-8(15)6-12(10)14(16)13(11)7-9/h2-7,14H,16H2,1H3. The minimum atomic E-state index is -0.272. The van der Waals surface area contributed by atoms with Gasteiger partial charge in [0, 0.05) is 0 Å². The molecule has 0 amide bonds. The average molecular weight is 229 g/mol. The smallest absolute Gasteiger partial charge is 0.123 e. The van der Waals surface area contributed by atoms with Gasteiger partial charge in [0.15, 0.2) is 0 Å². The van der Waals surface area contributed by atoms with Crippen molar-refractivity contribution < 1.29 is 9.13 Å². The molecule has 1 atom stereocenters. The van der Waals surface area contributed by atoms with Gasteiger partial charge in [0.1, 0.15) is 11.6 Å². The number of hydrogen-bond donors (Lipinski definition) is 1. The Hall–Kier alpha value is -1.87. The Balaban J connectivity index is 2.23. The van der Waals surface area contributed by atoms with Gasteiger partial charge >= 0.3 is 0 Å². The number of nitrogens with two attached hydrogens (primary N) is 1. The molecular weight excluding hydrogens is 217 g/mol. The van der Waals surface area contributed by atoms with Crippen LogP contribution in [0.15, 0.2) is 36.4 Å². The van der Waals surface area contributed by atoms with Crippen molar-refractivity contribution >= 4 is 0 Å². The predicted octanol–water partition coefficient (Wildman–Crippen LogP) is 2.86. The summed E-state index contributed by atoms with van der Waals surface area (Å²) in [6.07, 6.45) is 0. The monoisotopic (exact) mass is 229 g/mol. The van der Waals surface area contributed by atoms with Crippen molar-refractivity contribution in [3.63, 3.8) is 0 Å². The second-order valence-electron chi connectivity index (χ2n) is 4.16. The first-order valence-corrected chi connectivity index (χ1v) is 5.44. The van der Waals surface area contributed by atoms with Crippen LogP contribution in [0, 0.1) is 5.82 Å². The highest BCUT2D eigenvalue weighted by Gasteiger charge is 2.26. The van der Waals surface area contributed by atoms with Crippen LogP contribution in [-0.4, -0.2) is 7.11 Å². The third-order valence-electron chi connectivity index (χ3n) is 3.23. The fourth-order valence-corrected chi connectivity index (χ4v) is 2.37. The van der Waals surface area contributed by atoms with E-state index in [0.717, 1.165) is 28.0 Å². The van der Waals surface area contributed by atoms with Gasteiger partial charge in [-0.1, -0.05) is 12.1 Å². The fraction of sp³-hybridized carbons (Fsp3) is 0.143. The van der Waals surface area contributed by atoms with E-state index in [-0.39, 0.29) is 11.9 Å². The average Bonchev–Trinajstić information content (AvgIpc) is 2.62. The fourth-order valence-electron chi connectivity index (χ4n) is 2.37. The molecular formula is C14H12FNO. The lowest BCUT2D eigenvalue weighted by molar-refractivity contribution is 0.414. The topological polar surface area (TPSA) is 35.2 Å². The van der Waals surface area contributed by atoms with Crippen LogP contribution in [0.1, 0.15) is 17.2 Å². The molecule has 0 fully saturated rings. The first-order chi connectivity index (χ1) is 8.20. The van der Waals surface area contributed by atoms with Gasteiger partial charge in [-0.2, -0.15) is 0 Å². The van der Waals surface area contributed by atoms with E-state index in [9.17, 15) is 4.39 Å². The lowest BCUT2D eigenvalue weighted by Gasteiger charge is -2.07. The van der Waals surface area contributed by atoms with Gasteiger partial charge in [0.2, 0.25) is 0 Å². The van der Waals surface area contributed by atoms with E-state index < -0.39 is 0 Å². The minimum absolute atomic E-state index is 0.251. The Morgan fingerprint density at radius 3 is 2.41 bits per heavy atom. The maximum absolute atomic E-state index is 13.2. The molecule has 0 saturated heterocycles. The molecule has 17 heavy (non-hydrogen) atoms. The van der Waals surface area contributed by atoms with E-state index in [2.05, 4.69) is 0 Å². The molecule has 86 valence electrons. The van der Waals surface area contributed by atoms with E-state index >= 15 is 0 Å². The van der Waals surface area contributed by atoms with Gasteiger partial charge in [-0.15, -0.1) is 0 Å². The molecule has 0 bridgehead atoms. The van der Waals surface area contributed by atoms with E-state index in [1.165, 1.54) is 12.1 Å². The van der Waals surface area contributed by atoms with Crippen LogP contribution in [0.3, 0.4) is 0 Å². The van der Waals surface area contributed by atoms with E-state index in [0.29, 0.717) is 0 Å². The van der Waals surface area contributed by atoms with Crippen LogP contribution in [0.25, 0.3) is 11.1 Å². The van der Waals surface area contributed by atoms with Crippen LogP contribution in [0.4, 0.5) is 4.39 Å². The Bertz CT molecular complexity index is 595. The molecule has 2 nitrogen and oxygen atoms in total. The molecule has 2 N–H and O–H groups in total. The second kappa shape index (κ2) is 3.57. The summed E-state index contributed by atoms with van der Waals surface area (Å²) < 4.78 is 18.4. The van der Waals surface area contributed by atoms with Crippen molar-refractivity contribution in [2.45, 2.75) is 6.04 Å². The number of ether oxygens (including phenoxy) is 1. The molecule has 0 heterocycles. The SMILES string of the molecule is COc1ccc2c(c1)C(N)c1cc(F)ccc1-2. The highest BCUT2D eigenvalue weighted by molar-refractivity contribution is 5.79. The third kappa shape index (κ3) is 1.43. The maximum Gasteiger partial charge on any atom is 0.123 e. The number of halogens is 1. The van der Waals surface area contributed by atoms with Gasteiger partial charge in [-0.3, -0.25) is 0 Å². The summed E-state index contributed by atoms with van der Waals surface area (Å²) in [6, 6.07) is 10.3. The van der Waals surface area contributed by atoms with E-state index in [1.807, 2.05) is 18.2 Å². The predicted molar refractivity (Wildman–Crippen MR) is 64.4 cm³/mol. The van der Waals surface area contributed by atoms with Crippen LogP contribution >= 0.6 is 0 Å². The van der Waals surface area contributed by atoms with Crippen molar-refractivity contribution in [3.05, 3.63) is 53.3 Å². The summed E-state index contributed by atoms with van der Waals surface area (Å²) in [5.74, 6) is 0.520. The lowest BCUT2D eigenvalue weighted by atomic mass is 10.1. The number of hydrogen-bond acceptors (Lipinski definition) is 2. The number of rotatable bonds is 1. The molecule has 0 spiro atoms. The Morgan fingerprint density at radius 2 is 1.71 bits per heavy atom. The molecule has 2 aromatic rings. The Labute approximate surface area is 98.8 Å². The van der Waals surface area contributed by atoms with E-state index in [1.54, 1.807) is 13.2 Å². The molecule has 0 saturated carbocycles. The molecule has 3 heteroatoms. The number of fused-ring (bicyclic) bond motifs is 3. The van der Waals surface area contributed by atoms with Crippen molar-refractivity contribution in [3.8, 4) is 16.9 Å². The Morgan fingerprint density at radius 1 is 1.06 bits per heavy atom. The summed E-state index contributed by atoms with van der Waals surface area (Å²) in [6.45, 7) is 0. The largest absolute Gasteiger partial charge is 0.497 e. The first kappa shape index (κ1) is 10.3. The molecule has 0 radical (unpaired) electrons. The van der Waals surface area contributed by atoms with Crippen LogP contribution in [-0.2, 0) is 0 Å². The van der Waals surface area contributed by atoms with Crippen LogP contribution in [0.5, 0.6) is 5.75 Å². The van der Waals surface area contributed by atoms with E-state index in [4.69, 9.17) is 10.5 Å². The number of benzene rings is 2. The van der Waals surface area contributed by atoms with Crippen molar-refractivity contribution in [1.29, 1.82) is 0 Å². The van der Waals surface area contributed by atoms with Gasteiger partial charge in [0.05, 0.1) is 13.2 Å². The first-order valence-electron chi connectivity index (χ1n) is 5.44. The summed E-state index contributed by atoms with van der Waals surface area (Å²) >= 11 is 0. The van der Waals surface area contributed by atoms with Gasteiger partial charge < -0.3 is 10.5 Å². The molecule has 1 aliphatic carbocycles. The minimum Gasteiger partial charge on any atom is -0.497 e. The zero-order chi connectivity index (χ0) is 12.0. The van der Waals surface area contributed by atoms with Crippen molar-refractivity contribution in [2.24, 2.45) is 5.73 Å². The second-order valence-corrected chi connectivity index (χ2v) is 4.16. The van der Waals surface area contributed by atoms with Crippen molar-refractivity contribution in [2.75, 3.05) is 7.11 Å². The zero-order valence-corrected chi connectivity index (χ0v) is 9.41.